The van der Waals surface area contributed by atoms with Gasteiger partial charge >= 0.3 is 5.97 Å². The lowest BCUT2D eigenvalue weighted by molar-refractivity contribution is -0.125. The smallest absolute Gasteiger partial charge is 0.338 e. The van der Waals surface area contributed by atoms with E-state index in [4.69, 9.17) is 4.74 Å². The predicted molar refractivity (Wildman–Crippen MR) is 90.9 cm³/mol. The molecule has 134 valence electrons. The van der Waals surface area contributed by atoms with Gasteiger partial charge in [0.1, 0.15) is 0 Å². The molecule has 1 fully saturated rings. The van der Waals surface area contributed by atoms with Gasteiger partial charge in [-0.25, -0.2) is 4.79 Å². The molecule has 1 aliphatic heterocycles. The minimum atomic E-state index is -0.687. The predicted octanol–water partition coefficient (Wildman–Crippen LogP) is 1.66. The summed E-state index contributed by atoms with van der Waals surface area (Å²) >= 11 is 0. The van der Waals surface area contributed by atoms with Crippen molar-refractivity contribution in [2.45, 2.75) is 39.7 Å². The van der Waals surface area contributed by atoms with E-state index in [2.05, 4.69) is 5.32 Å². The monoisotopic (exact) mass is 346 g/mol. The van der Waals surface area contributed by atoms with Gasteiger partial charge in [0, 0.05) is 18.9 Å². The summed E-state index contributed by atoms with van der Waals surface area (Å²) in [6.45, 7) is 5.44. The van der Waals surface area contributed by atoms with Crippen LogP contribution in [0.25, 0.3) is 0 Å². The van der Waals surface area contributed by atoms with Crippen LogP contribution in [-0.4, -0.2) is 36.3 Å². The van der Waals surface area contributed by atoms with Crippen molar-refractivity contribution < 1.29 is 23.9 Å². The lowest BCUT2D eigenvalue weighted by Gasteiger charge is -2.17. The van der Waals surface area contributed by atoms with E-state index in [9.17, 15) is 19.2 Å². The van der Waals surface area contributed by atoms with E-state index >= 15 is 0 Å². The van der Waals surface area contributed by atoms with Gasteiger partial charge in [-0.15, -0.1) is 0 Å². The summed E-state index contributed by atoms with van der Waals surface area (Å²) in [5.74, 6) is -1.38. The fourth-order valence-corrected chi connectivity index (χ4v) is 2.31. The van der Waals surface area contributed by atoms with Crippen LogP contribution >= 0.6 is 0 Å². The van der Waals surface area contributed by atoms with Gasteiger partial charge in [-0.05, 0) is 31.0 Å². The van der Waals surface area contributed by atoms with E-state index in [1.165, 1.54) is 12.1 Å². The molecule has 0 saturated carbocycles. The molecule has 1 atom stereocenters. The van der Waals surface area contributed by atoms with Crippen molar-refractivity contribution in [3.05, 3.63) is 29.8 Å². The normalized spacial score (nSPS) is 15.4. The minimum Gasteiger partial charge on any atom is -0.452 e. The maximum absolute atomic E-state index is 12.1. The van der Waals surface area contributed by atoms with Crippen molar-refractivity contribution in [2.24, 2.45) is 5.92 Å². The SMILES string of the molecule is CC(C)[C@H](C)NC(=O)COC(=O)c1cccc(N2C(=O)CCC2=O)c1. The Morgan fingerprint density at radius 2 is 1.80 bits per heavy atom. The Morgan fingerprint density at radius 3 is 2.40 bits per heavy atom. The quantitative estimate of drug-likeness (QED) is 0.625. The molecule has 0 spiro atoms. The van der Waals surface area contributed by atoms with Gasteiger partial charge in [-0.3, -0.25) is 19.3 Å². The highest BCUT2D eigenvalue weighted by Gasteiger charge is 2.30. The molecule has 1 heterocycles. The lowest BCUT2D eigenvalue weighted by atomic mass is 10.1. The van der Waals surface area contributed by atoms with Crippen LogP contribution in [0.1, 0.15) is 44.0 Å². The first kappa shape index (κ1) is 18.6. The molecule has 1 aromatic carbocycles. The van der Waals surface area contributed by atoms with Crippen LogP contribution in [0.15, 0.2) is 24.3 Å². The summed E-state index contributed by atoms with van der Waals surface area (Å²) in [6.07, 6.45) is 0.337. The third-order valence-electron chi connectivity index (χ3n) is 4.11. The van der Waals surface area contributed by atoms with Gasteiger partial charge in [0.05, 0.1) is 11.3 Å². The molecule has 7 heteroatoms. The second-order valence-corrected chi connectivity index (χ2v) is 6.35. The molecular formula is C18H22N2O5. The zero-order valence-electron chi connectivity index (χ0n) is 14.6. The molecule has 0 aromatic heterocycles. The summed E-state index contributed by atoms with van der Waals surface area (Å²) in [5.41, 5.74) is 0.509. The van der Waals surface area contributed by atoms with Crippen molar-refractivity contribution >= 4 is 29.4 Å². The van der Waals surface area contributed by atoms with E-state index in [1.807, 2.05) is 20.8 Å². The Balaban J connectivity index is 1.98. The maximum atomic E-state index is 12.1. The first-order valence-electron chi connectivity index (χ1n) is 8.22. The summed E-state index contributed by atoms with van der Waals surface area (Å²) < 4.78 is 5.00. The summed E-state index contributed by atoms with van der Waals surface area (Å²) in [6, 6.07) is 6.03. The van der Waals surface area contributed by atoms with E-state index < -0.39 is 5.97 Å². The number of benzene rings is 1. The topological polar surface area (TPSA) is 92.8 Å². The maximum Gasteiger partial charge on any atom is 0.338 e. The number of carbonyl (C=O) groups is 4. The second-order valence-electron chi connectivity index (χ2n) is 6.35. The molecule has 3 amide bonds. The highest BCUT2D eigenvalue weighted by Crippen LogP contribution is 2.23. The molecule has 1 aromatic rings. The van der Waals surface area contributed by atoms with Crippen LogP contribution < -0.4 is 10.2 Å². The Labute approximate surface area is 146 Å². The van der Waals surface area contributed by atoms with Crippen molar-refractivity contribution in [3.63, 3.8) is 0 Å². The van der Waals surface area contributed by atoms with Crippen molar-refractivity contribution in [1.29, 1.82) is 0 Å². The number of amides is 3. The van der Waals surface area contributed by atoms with E-state index in [0.717, 1.165) is 4.90 Å². The Bertz CT molecular complexity index is 682. The summed E-state index contributed by atoms with van der Waals surface area (Å²) in [4.78, 5) is 48.5. The molecule has 1 N–H and O–H groups in total. The molecule has 1 saturated heterocycles. The molecule has 1 aliphatic rings. The van der Waals surface area contributed by atoms with Gasteiger partial charge in [-0.1, -0.05) is 19.9 Å². The number of carbonyl (C=O) groups excluding carboxylic acids is 4. The fourth-order valence-electron chi connectivity index (χ4n) is 2.31. The van der Waals surface area contributed by atoms with Crippen molar-refractivity contribution in [1.82, 2.24) is 5.32 Å². The number of ether oxygens (including phenoxy) is 1. The van der Waals surface area contributed by atoms with Crippen LogP contribution in [0.5, 0.6) is 0 Å². The molecule has 7 nitrogen and oxygen atoms in total. The number of anilines is 1. The van der Waals surface area contributed by atoms with E-state index in [0.29, 0.717) is 5.69 Å². The van der Waals surface area contributed by atoms with Crippen molar-refractivity contribution in [2.75, 3.05) is 11.5 Å². The summed E-state index contributed by atoms with van der Waals surface area (Å²) in [7, 11) is 0. The fraction of sp³-hybridized carbons (Fsp3) is 0.444. The van der Waals surface area contributed by atoms with Crippen LogP contribution in [0.2, 0.25) is 0 Å². The standard InChI is InChI=1S/C18H22N2O5/c1-11(2)12(3)19-15(21)10-25-18(24)13-5-4-6-14(9-13)20-16(22)7-8-17(20)23/h4-6,9,11-12H,7-8,10H2,1-3H3,(H,19,21)/t12-/m0/s1. The number of esters is 1. The molecule has 0 radical (unpaired) electrons. The molecule has 0 bridgehead atoms. The average molecular weight is 346 g/mol. The van der Waals surface area contributed by atoms with Gasteiger partial charge in [0.2, 0.25) is 11.8 Å². The Hall–Kier alpha value is -2.70. The summed E-state index contributed by atoms with van der Waals surface area (Å²) in [5, 5.41) is 2.74. The Morgan fingerprint density at radius 1 is 1.16 bits per heavy atom. The Kier molecular flexibility index (Phi) is 5.90. The molecule has 2 rings (SSSR count). The van der Waals surface area contributed by atoms with Crippen LogP contribution in [0, 0.1) is 5.92 Å². The molecular weight excluding hydrogens is 324 g/mol. The number of hydrogen-bond acceptors (Lipinski definition) is 5. The van der Waals surface area contributed by atoms with Gasteiger partial charge in [-0.2, -0.15) is 0 Å². The minimum absolute atomic E-state index is 0.0262. The van der Waals surface area contributed by atoms with Crippen LogP contribution in [0.3, 0.4) is 0 Å². The second kappa shape index (κ2) is 7.92. The van der Waals surface area contributed by atoms with Gasteiger partial charge < -0.3 is 10.1 Å². The third-order valence-corrected chi connectivity index (χ3v) is 4.11. The number of rotatable bonds is 6. The lowest BCUT2D eigenvalue weighted by Crippen LogP contribution is -2.38. The molecule has 0 aliphatic carbocycles. The van der Waals surface area contributed by atoms with E-state index in [-0.39, 0.29) is 54.7 Å². The largest absolute Gasteiger partial charge is 0.452 e. The number of imide groups is 1. The zero-order chi connectivity index (χ0) is 18.6. The highest BCUT2D eigenvalue weighted by molar-refractivity contribution is 6.20. The average Bonchev–Trinajstić information content (AvgIpc) is 2.91. The highest BCUT2D eigenvalue weighted by atomic mass is 16.5. The first-order valence-corrected chi connectivity index (χ1v) is 8.22. The van der Waals surface area contributed by atoms with Gasteiger partial charge in [0.25, 0.3) is 5.91 Å². The van der Waals surface area contributed by atoms with Crippen LogP contribution in [0.4, 0.5) is 5.69 Å². The molecule has 0 unspecified atom stereocenters. The third kappa shape index (κ3) is 4.65. The van der Waals surface area contributed by atoms with Crippen LogP contribution in [-0.2, 0) is 19.1 Å². The number of nitrogens with one attached hydrogen (secondary N) is 1. The van der Waals surface area contributed by atoms with Crippen molar-refractivity contribution in [3.8, 4) is 0 Å². The number of hydrogen-bond donors (Lipinski definition) is 1. The first-order chi connectivity index (χ1) is 11.8. The van der Waals surface area contributed by atoms with E-state index in [1.54, 1.807) is 12.1 Å². The zero-order valence-corrected chi connectivity index (χ0v) is 14.6. The molecule has 25 heavy (non-hydrogen) atoms. The number of nitrogens with zero attached hydrogens (tertiary/aromatic N) is 1. The van der Waals surface area contributed by atoms with Gasteiger partial charge in [0.15, 0.2) is 6.61 Å².